The van der Waals surface area contributed by atoms with Gasteiger partial charge in [-0.25, -0.2) is 12.8 Å². The largest absolute Gasteiger partial charge is 0.398 e. The van der Waals surface area contributed by atoms with Crippen molar-refractivity contribution in [1.29, 1.82) is 0 Å². The molecule has 0 fully saturated rings. The van der Waals surface area contributed by atoms with Gasteiger partial charge in [-0.05, 0) is 12.1 Å². The standard InChI is InChI=1S/C9H13FN2O3S/c1-12(5-6-13)16(14,15)9-7(10)3-2-4-8(9)11/h2-4,13H,5-6,11H2,1H3. The molecule has 0 saturated carbocycles. The number of likely N-dealkylation sites (N-methyl/N-ethyl adjacent to an activating group) is 1. The third-order valence-corrected chi connectivity index (χ3v) is 4.03. The Morgan fingerprint density at radius 3 is 2.62 bits per heavy atom. The van der Waals surface area contributed by atoms with Gasteiger partial charge >= 0.3 is 0 Å². The fraction of sp³-hybridized carbons (Fsp3) is 0.333. The molecular formula is C9H13FN2O3S. The summed E-state index contributed by atoms with van der Waals surface area (Å²) >= 11 is 0. The summed E-state index contributed by atoms with van der Waals surface area (Å²) in [5, 5.41) is 8.65. The molecule has 1 rings (SSSR count). The van der Waals surface area contributed by atoms with Crippen molar-refractivity contribution in [2.75, 3.05) is 25.9 Å². The normalized spacial score (nSPS) is 12.0. The van der Waals surface area contributed by atoms with Crippen LogP contribution in [-0.2, 0) is 10.0 Å². The van der Waals surface area contributed by atoms with E-state index in [-0.39, 0.29) is 18.8 Å². The Hall–Kier alpha value is -1.18. The van der Waals surface area contributed by atoms with E-state index in [9.17, 15) is 12.8 Å². The summed E-state index contributed by atoms with van der Waals surface area (Å²) in [6.45, 7) is -0.458. The minimum absolute atomic E-state index is 0.115. The quantitative estimate of drug-likeness (QED) is 0.736. The van der Waals surface area contributed by atoms with Crippen LogP contribution < -0.4 is 5.73 Å². The van der Waals surface area contributed by atoms with E-state index in [1.807, 2.05) is 0 Å². The van der Waals surface area contributed by atoms with Crippen LogP contribution in [0.25, 0.3) is 0 Å². The van der Waals surface area contributed by atoms with Crippen LogP contribution in [0, 0.1) is 5.82 Å². The monoisotopic (exact) mass is 248 g/mol. The van der Waals surface area contributed by atoms with E-state index in [1.54, 1.807) is 0 Å². The fourth-order valence-electron chi connectivity index (χ4n) is 1.21. The third-order valence-electron chi connectivity index (χ3n) is 2.08. The Balaban J connectivity index is 3.27. The summed E-state index contributed by atoms with van der Waals surface area (Å²) in [6.07, 6.45) is 0. The van der Waals surface area contributed by atoms with Crippen LogP contribution in [0.4, 0.5) is 10.1 Å². The maximum Gasteiger partial charge on any atom is 0.247 e. The molecule has 0 saturated heterocycles. The molecule has 0 atom stereocenters. The van der Waals surface area contributed by atoms with Crippen LogP contribution >= 0.6 is 0 Å². The molecule has 0 aliphatic heterocycles. The number of aliphatic hydroxyl groups excluding tert-OH is 1. The van der Waals surface area contributed by atoms with Crippen molar-refractivity contribution in [3.8, 4) is 0 Å². The van der Waals surface area contributed by atoms with Gasteiger partial charge in [-0.3, -0.25) is 0 Å². The van der Waals surface area contributed by atoms with Gasteiger partial charge in [0, 0.05) is 13.6 Å². The van der Waals surface area contributed by atoms with Gasteiger partial charge in [0.25, 0.3) is 0 Å². The predicted molar refractivity (Wildman–Crippen MR) is 57.7 cm³/mol. The summed E-state index contributed by atoms with van der Waals surface area (Å²) in [4.78, 5) is -0.550. The van der Waals surface area contributed by atoms with E-state index in [2.05, 4.69) is 0 Å². The number of hydrogen-bond acceptors (Lipinski definition) is 4. The first-order valence-electron chi connectivity index (χ1n) is 4.52. The molecule has 1 aromatic rings. The molecule has 90 valence electrons. The van der Waals surface area contributed by atoms with Crippen LogP contribution in [0.1, 0.15) is 0 Å². The molecule has 0 aliphatic rings. The molecule has 0 unspecified atom stereocenters. The molecule has 0 aromatic heterocycles. The second kappa shape index (κ2) is 4.77. The van der Waals surface area contributed by atoms with Crippen molar-refractivity contribution in [1.82, 2.24) is 4.31 Å². The molecule has 1 aromatic carbocycles. The molecule has 0 heterocycles. The number of nitrogen functional groups attached to an aromatic ring is 1. The highest BCUT2D eigenvalue weighted by Crippen LogP contribution is 2.24. The molecule has 0 amide bonds. The van der Waals surface area contributed by atoms with Crippen molar-refractivity contribution in [2.45, 2.75) is 4.90 Å². The molecule has 0 bridgehead atoms. The number of hydrogen-bond donors (Lipinski definition) is 2. The average Bonchev–Trinajstić information content (AvgIpc) is 2.17. The highest BCUT2D eigenvalue weighted by atomic mass is 32.2. The SMILES string of the molecule is CN(CCO)S(=O)(=O)c1c(N)cccc1F. The lowest BCUT2D eigenvalue weighted by atomic mass is 10.3. The van der Waals surface area contributed by atoms with Gasteiger partial charge < -0.3 is 10.8 Å². The minimum Gasteiger partial charge on any atom is -0.398 e. The minimum atomic E-state index is -3.99. The predicted octanol–water partition coefficient (Wildman–Crippen LogP) is 0.0207. The molecule has 0 spiro atoms. The lowest BCUT2D eigenvalue weighted by Gasteiger charge is -2.17. The fourth-order valence-corrected chi connectivity index (χ4v) is 2.53. The van der Waals surface area contributed by atoms with Gasteiger partial charge in [0.15, 0.2) is 0 Å². The molecular weight excluding hydrogens is 235 g/mol. The lowest BCUT2D eigenvalue weighted by Crippen LogP contribution is -2.30. The number of anilines is 1. The van der Waals surface area contributed by atoms with E-state index in [0.29, 0.717) is 0 Å². The number of aliphatic hydroxyl groups is 1. The smallest absolute Gasteiger partial charge is 0.247 e. The van der Waals surface area contributed by atoms with Crippen molar-refractivity contribution in [3.05, 3.63) is 24.0 Å². The van der Waals surface area contributed by atoms with E-state index in [0.717, 1.165) is 10.4 Å². The van der Waals surface area contributed by atoms with Crippen molar-refractivity contribution in [3.63, 3.8) is 0 Å². The molecule has 16 heavy (non-hydrogen) atoms. The first-order chi connectivity index (χ1) is 7.41. The Labute approximate surface area is 93.3 Å². The first-order valence-corrected chi connectivity index (χ1v) is 5.96. The van der Waals surface area contributed by atoms with Gasteiger partial charge in [0.2, 0.25) is 10.0 Å². The summed E-state index contributed by atoms with van der Waals surface area (Å²) in [5.74, 6) is -0.898. The maximum atomic E-state index is 13.4. The highest BCUT2D eigenvalue weighted by molar-refractivity contribution is 7.89. The van der Waals surface area contributed by atoms with Crippen molar-refractivity contribution < 1.29 is 17.9 Å². The van der Waals surface area contributed by atoms with Gasteiger partial charge in [0.1, 0.15) is 10.7 Å². The number of halogens is 1. The average molecular weight is 248 g/mol. The van der Waals surface area contributed by atoms with Crippen LogP contribution in [-0.4, -0.2) is 38.0 Å². The van der Waals surface area contributed by atoms with E-state index >= 15 is 0 Å². The van der Waals surface area contributed by atoms with Crippen molar-refractivity contribution in [2.24, 2.45) is 0 Å². The summed E-state index contributed by atoms with van der Waals surface area (Å²) in [5.41, 5.74) is 5.28. The molecule has 5 nitrogen and oxygen atoms in total. The molecule has 0 radical (unpaired) electrons. The van der Waals surface area contributed by atoms with Crippen molar-refractivity contribution >= 4 is 15.7 Å². The zero-order valence-corrected chi connectivity index (χ0v) is 9.54. The highest BCUT2D eigenvalue weighted by Gasteiger charge is 2.26. The topological polar surface area (TPSA) is 83.6 Å². The van der Waals surface area contributed by atoms with Gasteiger partial charge in [0.05, 0.1) is 12.3 Å². The van der Waals surface area contributed by atoms with Gasteiger partial charge in [-0.15, -0.1) is 0 Å². The van der Waals surface area contributed by atoms with Crippen LogP contribution in [0.3, 0.4) is 0 Å². The molecule has 7 heteroatoms. The molecule has 0 aliphatic carbocycles. The van der Waals surface area contributed by atoms with Crippen LogP contribution in [0.15, 0.2) is 23.1 Å². The van der Waals surface area contributed by atoms with E-state index in [1.165, 1.54) is 19.2 Å². The van der Waals surface area contributed by atoms with Crippen LogP contribution in [0.5, 0.6) is 0 Å². The van der Waals surface area contributed by atoms with E-state index in [4.69, 9.17) is 10.8 Å². The Morgan fingerprint density at radius 2 is 2.12 bits per heavy atom. The summed E-state index contributed by atoms with van der Waals surface area (Å²) in [6, 6.07) is 3.66. The number of benzene rings is 1. The maximum absolute atomic E-state index is 13.4. The Bertz CT molecular complexity index is 455. The summed E-state index contributed by atoms with van der Waals surface area (Å²) < 4.78 is 38.0. The second-order valence-electron chi connectivity index (χ2n) is 3.21. The van der Waals surface area contributed by atoms with Crippen LogP contribution in [0.2, 0.25) is 0 Å². The first kappa shape index (κ1) is 12.9. The van der Waals surface area contributed by atoms with Gasteiger partial charge in [-0.1, -0.05) is 6.07 Å². The number of rotatable bonds is 4. The zero-order chi connectivity index (χ0) is 12.3. The lowest BCUT2D eigenvalue weighted by molar-refractivity contribution is 0.266. The Morgan fingerprint density at radius 1 is 1.50 bits per heavy atom. The van der Waals surface area contributed by atoms with E-state index < -0.39 is 20.7 Å². The number of nitrogens with zero attached hydrogens (tertiary/aromatic N) is 1. The number of nitrogens with two attached hydrogens (primary N) is 1. The molecule has 3 N–H and O–H groups in total. The van der Waals surface area contributed by atoms with Gasteiger partial charge in [-0.2, -0.15) is 4.31 Å². The number of sulfonamides is 1. The second-order valence-corrected chi connectivity index (χ2v) is 5.19. The Kier molecular flexibility index (Phi) is 3.84. The third kappa shape index (κ3) is 2.31. The summed E-state index contributed by atoms with van der Waals surface area (Å²) in [7, 11) is -2.74. The zero-order valence-electron chi connectivity index (χ0n) is 8.72.